The lowest BCUT2D eigenvalue weighted by Crippen LogP contribution is -2.35. The number of benzene rings is 1. The molecular formula is C11H14ClN3O3. The number of phenols is 1. The third kappa shape index (κ3) is 3.81. The highest BCUT2D eigenvalue weighted by Gasteiger charge is 2.12. The minimum atomic E-state index is -0.352. The van der Waals surface area contributed by atoms with Crippen molar-refractivity contribution in [1.82, 2.24) is 5.32 Å². The normalized spacial score (nSPS) is 13.1. The van der Waals surface area contributed by atoms with Crippen molar-refractivity contribution < 1.29 is 15.1 Å². The molecule has 5 N–H and O–H groups in total. The molecule has 0 aliphatic carbocycles. The first-order chi connectivity index (χ1) is 8.43. The summed E-state index contributed by atoms with van der Waals surface area (Å²) in [7, 11) is 0. The van der Waals surface area contributed by atoms with Gasteiger partial charge in [-0.15, -0.1) is 0 Å². The smallest absolute Gasteiger partial charge is 0.251 e. The molecule has 0 saturated carbocycles. The van der Waals surface area contributed by atoms with E-state index in [-0.39, 0.29) is 35.0 Å². The van der Waals surface area contributed by atoms with E-state index < -0.39 is 0 Å². The highest BCUT2D eigenvalue weighted by atomic mass is 35.5. The molecule has 0 aliphatic rings. The molecule has 1 unspecified atom stereocenters. The van der Waals surface area contributed by atoms with Crippen LogP contribution in [0.3, 0.4) is 0 Å². The summed E-state index contributed by atoms with van der Waals surface area (Å²) >= 11 is 5.70. The molecule has 1 aromatic rings. The number of oxime groups is 1. The van der Waals surface area contributed by atoms with E-state index in [1.807, 2.05) is 0 Å². The van der Waals surface area contributed by atoms with Gasteiger partial charge in [0, 0.05) is 18.0 Å². The number of carbonyl (C=O) groups excluding carboxylic acids is 1. The zero-order chi connectivity index (χ0) is 13.7. The van der Waals surface area contributed by atoms with Gasteiger partial charge < -0.3 is 21.4 Å². The van der Waals surface area contributed by atoms with Crippen LogP contribution in [-0.2, 0) is 0 Å². The number of nitrogens with two attached hydrogens (primary N) is 1. The molecule has 98 valence electrons. The minimum Gasteiger partial charge on any atom is -0.506 e. The van der Waals surface area contributed by atoms with E-state index in [1.54, 1.807) is 6.92 Å². The highest BCUT2D eigenvalue weighted by molar-refractivity contribution is 6.32. The van der Waals surface area contributed by atoms with Gasteiger partial charge in [-0.1, -0.05) is 16.8 Å². The van der Waals surface area contributed by atoms with Crippen molar-refractivity contribution in [1.29, 1.82) is 0 Å². The number of halogens is 1. The summed E-state index contributed by atoms with van der Waals surface area (Å²) in [5.41, 5.74) is 5.65. The van der Waals surface area contributed by atoms with Crippen LogP contribution in [0.4, 0.5) is 0 Å². The van der Waals surface area contributed by atoms with Crippen LogP contribution in [0.5, 0.6) is 5.75 Å². The molecule has 0 bridgehead atoms. The predicted octanol–water partition coefficient (Wildman–Crippen LogP) is 1.30. The van der Waals surface area contributed by atoms with Crippen molar-refractivity contribution >= 4 is 23.3 Å². The molecule has 0 saturated heterocycles. The molecule has 18 heavy (non-hydrogen) atoms. The number of hydrogen-bond donors (Lipinski definition) is 4. The maximum Gasteiger partial charge on any atom is 0.251 e. The maximum atomic E-state index is 11.8. The third-order valence-electron chi connectivity index (χ3n) is 2.23. The molecule has 1 atom stereocenters. The van der Waals surface area contributed by atoms with Gasteiger partial charge in [0.2, 0.25) is 0 Å². The van der Waals surface area contributed by atoms with Crippen molar-refractivity contribution in [3.05, 3.63) is 28.8 Å². The van der Waals surface area contributed by atoms with Crippen LogP contribution in [0.25, 0.3) is 0 Å². The zero-order valence-electron chi connectivity index (χ0n) is 9.72. The molecule has 0 heterocycles. The second-order valence-electron chi connectivity index (χ2n) is 3.84. The van der Waals surface area contributed by atoms with Gasteiger partial charge >= 0.3 is 0 Å². The lowest BCUT2D eigenvalue weighted by atomic mass is 10.1. The van der Waals surface area contributed by atoms with Gasteiger partial charge in [0.25, 0.3) is 5.91 Å². The van der Waals surface area contributed by atoms with Crippen LogP contribution in [-0.4, -0.2) is 28.1 Å². The maximum absolute atomic E-state index is 11.8. The molecule has 0 aromatic heterocycles. The number of nitrogens with one attached hydrogen (secondary N) is 1. The van der Waals surface area contributed by atoms with E-state index in [0.29, 0.717) is 5.56 Å². The first kappa shape index (κ1) is 14.1. The largest absolute Gasteiger partial charge is 0.506 e. The molecular weight excluding hydrogens is 258 g/mol. The predicted molar refractivity (Wildman–Crippen MR) is 68.1 cm³/mol. The fourth-order valence-corrected chi connectivity index (χ4v) is 1.54. The van der Waals surface area contributed by atoms with Crippen LogP contribution in [0.15, 0.2) is 23.4 Å². The Morgan fingerprint density at radius 3 is 2.83 bits per heavy atom. The summed E-state index contributed by atoms with van der Waals surface area (Å²) < 4.78 is 0. The molecule has 1 aromatic carbocycles. The molecule has 0 aliphatic heterocycles. The molecule has 0 fully saturated rings. The number of rotatable bonds is 4. The average Bonchev–Trinajstić information content (AvgIpc) is 2.32. The van der Waals surface area contributed by atoms with Crippen LogP contribution in [0.1, 0.15) is 23.7 Å². The monoisotopic (exact) mass is 271 g/mol. The van der Waals surface area contributed by atoms with Gasteiger partial charge in [-0.25, -0.2) is 0 Å². The van der Waals surface area contributed by atoms with E-state index in [1.165, 1.54) is 18.2 Å². The molecule has 6 nitrogen and oxygen atoms in total. The van der Waals surface area contributed by atoms with Crippen molar-refractivity contribution in [2.75, 3.05) is 0 Å². The lowest BCUT2D eigenvalue weighted by Gasteiger charge is -2.13. The average molecular weight is 272 g/mol. The van der Waals surface area contributed by atoms with Gasteiger partial charge in [0.1, 0.15) is 11.6 Å². The van der Waals surface area contributed by atoms with Crippen LogP contribution >= 0.6 is 11.6 Å². The number of amides is 1. The quantitative estimate of drug-likeness (QED) is 0.286. The Morgan fingerprint density at radius 1 is 1.61 bits per heavy atom. The third-order valence-corrected chi connectivity index (χ3v) is 2.53. The van der Waals surface area contributed by atoms with Gasteiger partial charge in [0.15, 0.2) is 0 Å². The second kappa shape index (κ2) is 6.11. The zero-order valence-corrected chi connectivity index (χ0v) is 10.5. The summed E-state index contributed by atoms with van der Waals surface area (Å²) in [6.45, 7) is 1.72. The van der Waals surface area contributed by atoms with Crippen LogP contribution in [0, 0.1) is 0 Å². The van der Waals surface area contributed by atoms with Gasteiger partial charge in [-0.2, -0.15) is 0 Å². The Morgan fingerprint density at radius 2 is 2.28 bits per heavy atom. The van der Waals surface area contributed by atoms with Crippen molar-refractivity contribution in [2.45, 2.75) is 19.4 Å². The second-order valence-corrected chi connectivity index (χ2v) is 4.24. The van der Waals surface area contributed by atoms with Gasteiger partial charge in [-0.05, 0) is 25.1 Å². The van der Waals surface area contributed by atoms with Crippen molar-refractivity contribution in [3.8, 4) is 5.75 Å². The van der Waals surface area contributed by atoms with E-state index >= 15 is 0 Å². The van der Waals surface area contributed by atoms with E-state index in [0.717, 1.165) is 0 Å². The Kier molecular flexibility index (Phi) is 4.79. The first-order valence-corrected chi connectivity index (χ1v) is 5.57. The summed E-state index contributed by atoms with van der Waals surface area (Å²) in [5, 5.41) is 23.2. The Hall–Kier alpha value is -1.95. The molecule has 0 radical (unpaired) electrons. The van der Waals surface area contributed by atoms with Crippen molar-refractivity contribution in [2.24, 2.45) is 10.9 Å². The topological polar surface area (TPSA) is 108 Å². The molecule has 7 heteroatoms. The lowest BCUT2D eigenvalue weighted by molar-refractivity contribution is 0.0941. The summed E-state index contributed by atoms with van der Waals surface area (Å²) in [6.07, 6.45) is 0.230. The number of amidine groups is 1. The van der Waals surface area contributed by atoms with E-state index in [9.17, 15) is 9.90 Å². The van der Waals surface area contributed by atoms with E-state index in [2.05, 4.69) is 10.5 Å². The minimum absolute atomic E-state index is 0.0338. The number of phenolic OH excluding ortho intramolecular Hbond substituents is 1. The number of aromatic hydroxyl groups is 1. The Bertz CT molecular complexity index is 477. The van der Waals surface area contributed by atoms with E-state index in [4.69, 9.17) is 22.5 Å². The summed E-state index contributed by atoms with van der Waals surface area (Å²) in [5.74, 6) is -0.403. The number of nitrogens with zero attached hydrogens (tertiary/aromatic N) is 1. The molecule has 0 spiro atoms. The summed E-state index contributed by atoms with van der Waals surface area (Å²) in [4.78, 5) is 11.8. The van der Waals surface area contributed by atoms with Crippen molar-refractivity contribution in [3.63, 3.8) is 0 Å². The fraction of sp³-hybridized carbons (Fsp3) is 0.273. The van der Waals surface area contributed by atoms with Crippen LogP contribution < -0.4 is 11.1 Å². The standard InChI is InChI=1S/C11H14ClN3O3/c1-6(4-10(13)15-18)14-11(17)7-2-3-9(16)8(12)5-7/h2-3,5-6,16,18H,4H2,1H3,(H2,13,15)(H,14,17). The SMILES string of the molecule is CC(CC(N)=NO)NC(=O)c1ccc(O)c(Cl)c1. The number of hydrogen-bond acceptors (Lipinski definition) is 4. The molecule has 1 rings (SSSR count). The van der Waals surface area contributed by atoms with Gasteiger partial charge in [0.05, 0.1) is 5.02 Å². The van der Waals surface area contributed by atoms with Gasteiger partial charge in [-0.3, -0.25) is 4.79 Å². The fourth-order valence-electron chi connectivity index (χ4n) is 1.36. The van der Waals surface area contributed by atoms with Crippen LogP contribution in [0.2, 0.25) is 5.02 Å². The highest BCUT2D eigenvalue weighted by Crippen LogP contribution is 2.23. The summed E-state index contributed by atoms with van der Waals surface area (Å²) in [6, 6.07) is 3.86. The Labute approximate surface area is 109 Å². The first-order valence-electron chi connectivity index (χ1n) is 5.19. The number of carbonyl (C=O) groups is 1. The Balaban J connectivity index is 2.67. The molecule has 1 amide bonds.